The Kier molecular flexibility index (Phi) is 3.14. The van der Waals surface area contributed by atoms with Crippen molar-refractivity contribution in [3.05, 3.63) is 83.6 Å². The minimum Gasteiger partial charge on any atom is -0.260 e. The highest BCUT2D eigenvalue weighted by Crippen LogP contribution is 2.47. The van der Waals surface area contributed by atoms with Gasteiger partial charge in [0.25, 0.3) is 0 Å². The molecule has 1 nitrogen and oxygen atoms in total. The second-order valence-corrected chi connectivity index (χ2v) is 6.73. The molecule has 23 heavy (non-hydrogen) atoms. The molecule has 0 saturated carbocycles. The first-order chi connectivity index (χ1) is 11.1. The van der Waals surface area contributed by atoms with Gasteiger partial charge in [-0.1, -0.05) is 54.6 Å². The summed E-state index contributed by atoms with van der Waals surface area (Å²) in [6, 6.07) is 24.1. The van der Waals surface area contributed by atoms with E-state index in [1.165, 1.54) is 38.9 Å². The third-order valence-corrected chi connectivity index (χ3v) is 5.44. The lowest BCUT2D eigenvalue weighted by Crippen LogP contribution is -2.40. The topological polar surface area (TPSA) is 0 Å². The maximum atomic E-state index is 2.34. The standard InChI is InChI=1S/C22H22N/c1-16-17(2)23(3,15-18-9-5-4-6-10-18)21-14-13-19-11-7-8-12-20(19)22(16)21/h4-14H,15H2,1-3H3/q+1/t23-/m0/s1. The molecule has 1 heteroatoms. The molecule has 114 valence electrons. The molecule has 0 saturated heterocycles. The third kappa shape index (κ3) is 2.04. The fraction of sp³-hybridized carbons (Fsp3) is 0.182. The second kappa shape index (κ2) is 5.07. The van der Waals surface area contributed by atoms with Gasteiger partial charge < -0.3 is 0 Å². The lowest BCUT2D eigenvalue weighted by atomic mass is 9.99. The third-order valence-electron chi connectivity index (χ3n) is 5.44. The number of benzene rings is 3. The molecule has 0 N–H and O–H groups in total. The Bertz CT molecular complexity index is 921. The van der Waals surface area contributed by atoms with E-state index in [-0.39, 0.29) is 0 Å². The maximum absolute atomic E-state index is 2.34. The number of rotatable bonds is 2. The van der Waals surface area contributed by atoms with Gasteiger partial charge in [0.1, 0.15) is 17.9 Å². The van der Waals surface area contributed by atoms with Gasteiger partial charge in [0.05, 0.1) is 12.6 Å². The van der Waals surface area contributed by atoms with Crippen molar-refractivity contribution < 1.29 is 0 Å². The molecule has 0 bridgehead atoms. The van der Waals surface area contributed by atoms with E-state index in [1.807, 2.05) is 0 Å². The molecular weight excluding hydrogens is 278 g/mol. The SMILES string of the molecule is CC1=C(C)[N@+](C)(Cc2ccccc2)c2ccc3ccccc3c21. The van der Waals surface area contributed by atoms with Crippen molar-refractivity contribution in [2.24, 2.45) is 0 Å². The lowest BCUT2D eigenvalue weighted by molar-refractivity contribution is 0.411. The molecule has 1 atom stereocenters. The Morgan fingerprint density at radius 1 is 0.783 bits per heavy atom. The van der Waals surface area contributed by atoms with Crippen LogP contribution in [-0.4, -0.2) is 7.05 Å². The first kappa shape index (κ1) is 14.2. The van der Waals surface area contributed by atoms with Crippen LogP contribution in [-0.2, 0) is 6.54 Å². The molecule has 0 radical (unpaired) electrons. The largest absolute Gasteiger partial charge is 0.260 e. The molecular formula is C22H22N+. The number of nitrogens with zero attached hydrogens (tertiary/aromatic N) is 1. The van der Waals surface area contributed by atoms with E-state index in [9.17, 15) is 0 Å². The quantitative estimate of drug-likeness (QED) is 0.529. The van der Waals surface area contributed by atoms with Crippen LogP contribution >= 0.6 is 0 Å². The first-order valence-electron chi connectivity index (χ1n) is 8.21. The molecule has 1 heterocycles. The van der Waals surface area contributed by atoms with Crippen LogP contribution in [0.3, 0.4) is 0 Å². The summed E-state index contributed by atoms with van der Waals surface area (Å²) in [6.45, 7) is 5.55. The van der Waals surface area contributed by atoms with Gasteiger partial charge in [-0.05, 0) is 23.8 Å². The molecule has 3 aromatic carbocycles. The minimum absolute atomic E-state index is 0.871. The molecule has 3 aromatic rings. The van der Waals surface area contributed by atoms with Crippen LogP contribution < -0.4 is 4.48 Å². The van der Waals surface area contributed by atoms with E-state index in [0.717, 1.165) is 11.0 Å². The highest BCUT2D eigenvalue weighted by Gasteiger charge is 2.39. The van der Waals surface area contributed by atoms with Gasteiger partial charge >= 0.3 is 0 Å². The van der Waals surface area contributed by atoms with E-state index >= 15 is 0 Å². The van der Waals surface area contributed by atoms with Crippen molar-refractivity contribution in [3.8, 4) is 0 Å². The van der Waals surface area contributed by atoms with E-state index < -0.39 is 0 Å². The summed E-state index contributed by atoms with van der Waals surface area (Å²) in [5.41, 5.74) is 7.10. The van der Waals surface area contributed by atoms with Crippen LogP contribution in [0.5, 0.6) is 0 Å². The number of quaternary nitrogens is 1. The average Bonchev–Trinajstić information content (AvgIpc) is 2.78. The Morgan fingerprint density at radius 2 is 1.48 bits per heavy atom. The van der Waals surface area contributed by atoms with E-state index in [4.69, 9.17) is 0 Å². The second-order valence-electron chi connectivity index (χ2n) is 6.73. The molecule has 1 aliphatic rings. The Hall–Kier alpha value is -2.38. The van der Waals surface area contributed by atoms with Gasteiger partial charge in [-0.15, -0.1) is 0 Å². The van der Waals surface area contributed by atoms with Gasteiger partial charge in [-0.3, -0.25) is 4.48 Å². The molecule has 0 spiro atoms. The van der Waals surface area contributed by atoms with Crippen molar-refractivity contribution in [1.82, 2.24) is 4.48 Å². The predicted octanol–water partition coefficient (Wildman–Crippen LogP) is 5.74. The number of hydrogen-bond acceptors (Lipinski definition) is 0. The summed E-state index contributed by atoms with van der Waals surface area (Å²) in [5, 5.41) is 2.70. The normalized spacial score (nSPS) is 20.1. The molecule has 1 aliphatic heterocycles. The Labute approximate surface area is 138 Å². The van der Waals surface area contributed by atoms with Crippen molar-refractivity contribution in [1.29, 1.82) is 0 Å². The fourth-order valence-electron chi connectivity index (χ4n) is 3.95. The molecule has 0 amide bonds. The summed E-state index contributed by atoms with van der Waals surface area (Å²) in [7, 11) is 2.34. The van der Waals surface area contributed by atoms with Crippen LogP contribution in [0.25, 0.3) is 16.3 Å². The molecule has 0 aromatic heterocycles. The van der Waals surface area contributed by atoms with Crippen LogP contribution in [0.2, 0.25) is 0 Å². The van der Waals surface area contributed by atoms with Crippen molar-refractivity contribution in [2.75, 3.05) is 7.05 Å². The van der Waals surface area contributed by atoms with Crippen LogP contribution in [0, 0.1) is 0 Å². The highest BCUT2D eigenvalue weighted by molar-refractivity contribution is 6.02. The number of hydrogen-bond donors (Lipinski definition) is 0. The van der Waals surface area contributed by atoms with Crippen molar-refractivity contribution in [3.63, 3.8) is 0 Å². The Morgan fingerprint density at radius 3 is 2.26 bits per heavy atom. The molecule has 0 unspecified atom stereocenters. The van der Waals surface area contributed by atoms with E-state index in [1.54, 1.807) is 0 Å². The van der Waals surface area contributed by atoms with Crippen LogP contribution in [0.4, 0.5) is 5.69 Å². The maximum Gasteiger partial charge on any atom is 0.146 e. The van der Waals surface area contributed by atoms with E-state index in [2.05, 4.69) is 87.6 Å². The first-order valence-corrected chi connectivity index (χ1v) is 8.21. The van der Waals surface area contributed by atoms with Gasteiger partial charge in [0.2, 0.25) is 0 Å². The monoisotopic (exact) mass is 300 g/mol. The number of allylic oxidation sites excluding steroid dienone is 2. The number of fused-ring (bicyclic) bond motifs is 3. The van der Waals surface area contributed by atoms with Crippen LogP contribution in [0.15, 0.2) is 72.4 Å². The van der Waals surface area contributed by atoms with Crippen LogP contribution in [0.1, 0.15) is 25.0 Å². The minimum atomic E-state index is 0.871. The van der Waals surface area contributed by atoms with Crippen molar-refractivity contribution in [2.45, 2.75) is 20.4 Å². The van der Waals surface area contributed by atoms with Gasteiger partial charge in [0, 0.05) is 24.1 Å². The highest BCUT2D eigenvalue weighted by atomic mass is 15.4. The van der Waals surface area contributed by atoms with Gasteiger partial charge in [0.15, 0.2) is 0 Å². The summed E-state index contributed by atoms with van der Waals surface area (Å²) >= 11 is 0. The summed E-state index contributed by atoms with van der Waals surface area (Å²) in [5.74, 6) is 0. The summed E-state index contributed by atoms with van der Waals surface area (Å²) in [4.78, 5) is 0. The predicted molar refractivity (Wildman–Crippen MR) is 100 cm³/mol. The Balaban J connectivity index is 1.94. The fourth-order valence-corrected chi connectivity index (χ4v) is 3.95. The molecule has 4 rings (SSSR count). The molecule has 0 fully saturated rings. The zero-order chi connectivity index (χ0) is 16.0. The summed E-state index contributed by atoms with van der Waals surface area (Å²) < 4.78 is 0.871. The zero-order valence-electron chi connectivity index (χ0n) is 14.0. The van der Waals surface area contributed by atoms with Crippen molar-refractivity contribution >= 4 is 22.0 Å². The zero-order valence-corrected chi connectivity index (χ0v) is 14.0. The van der Waals surface area contributed by atoms with E-state index in [0.29, 0.717) is 0 Å². The molecule has 0 aliphatic carbocycles. The van der Waals surface area contributed by atoms with Gasteiger partial charge in [-0.25, -0.2) is 0 Å². The lowest BCUT2D eigenvalue weighted by Gasteiger charge is -2.31. The smallest absolute Gasteiger partial charge is 0.146 e. The summed E-state index contributed by atoms with van der Waals surface area (Å²) in [6.07, 6.45) is 0. The van der Waals surface area contributed by atoms with Gasteiger partial charge in [-0.2, -0.15) is 0 Å². The average molecular weight is 300 g/mol.